The third-order valence-electron chi connectivity index (χ3n) is 5.51. The summed E-state index contributed by atoms with van der Waals surface area (Å²) in [7, 11) is 0. The normalized spacial score (nSPS) is 15.6. The Bertz CT molecular complexity index is 982. The van der Waals surface area contributed by atoms with Crippen molar-refractivity contribution < 1.29 is 14.0 Å². The van der Waals surface area contributed by atoms with E-state index >= 15 is 0 Å². The predicted octanol–water partition coefficient (Wildman–Crippen LogP) is 4.65. The van der Waals surface area contributed by atoms with E-state index in [1.807, 2.05) is 52.7 Å². The summed E-state index contributed by atoms with van der Waals surface area (Å²) in [6.45, 7) is 1.14. The quantitative estimate of drug-likeness (QED) is 0.651. The number of benzene rings is 2. The van der Waals surface area contributed by atoms with Gasteiger partial charge in [0, 0.05) is 19.0 Å². The van der Waals surface area contributed by atoms with E-state index in [0.29, 0.717) is 25.9 Å². The lowest BCUT2D eigenvalue weighted by molar-refractivity contribution is -0.126. The zero-order valence-electron chi connectivity index (χ0n) is 16.5. The molecule has 2 heterocycles. The molecule has 1 fully saturated rings. The minimum absolute atomic E-state index is 0.0311. The molecule has 2 aromatic carbocycles. The van der Waals surface area contributed by atoms with Gasteiger partial charge in [0.1, 0.15) is 5.82 Å². The van der Waals surface area contributed by atoms with E-state index in [1.54, 1.807) is 12.1 Å². The fraction of sp³-hybridized carbons (Fsp3) is 0.250. The second-order valence-electron chi connectivity index (χ2n) is 7.45. The molecule has 1 saturated heterocycles. The Morgan fingerprint density at radius 3 is 2.23 bits per heavy atom. The Hall–Kier alpha value is -2.99. The Labute approximate surface area is 179 Å². The van der Waals surface area contributed by atoms with E-state index in [2.05, 4.69) is 5.32 Å². The second-order valence-corrected chi connectivity index (χ2v) is 8.40. The highest BCUT2D eigenvalue weighted by molar-refractivity contribution is 7.12. The van der Waals surface area contributed by atoms with Crippen LogP contribution in [0.25, 0.3) is 0 Å². The van der Waals surface area contributed by atoms with Crippen LogP contribution in [0, 0.1) is 11.7 Å². The first-order valence-electron chi connectivity index (χ1n) is 10.1. The molecule has 4 rings (SSSR count). The van der Waals surface area contributed by atoms with Crippen LogP contribution in [0.1, 0.15) is 39.7 Å². The Morgan fingerprint density at radius 2 is 1.60 bits per heavy atom. The summed E-state index contributed by atoms with van der Waals surface area (Å²) in [4.78, 5) is 28.1. The number of nitrogens with zero attached hydrogens (tertiary/aromatic N) is 1. The molecule has 30 heavy (non-hydrogen) atoms. The SMILES string of the molecule is O=C(NC(c1ccccc1)c1ccc(F)cc1)C1CCN(C(=O)c2cccs2)CC1. The summed E-state index contributed by atoms with van der Waals surface area (Å²) in [5.41, 5.74) is 1.78. The van der Waals surface area contributed by atoms with Gasteiger partial charge in [0.25, 0.3) is 5.91 Å². The van der Waals surface area contributed by atoms with Crippen molar-refractivity contribution in [3.05, 3.63) is 93.9 Å². The van der Waals surface area contributed by atoms with Crippen LogP contribution in [0.5, 0.6) is 0 Å². The summed E-state index contributed by atoms with van der Waals surface area (Å²) in [6.07, 6.45) is 1.27. The van der Waals surface area contributed by atoms with Gasteiger partial charge < -0.3 is 10.2 Å². The maximum atomic E-state index is 13.4. The van der Waals surface area contributed by atoms with Crippen molar-refractivity contribution in [1.82, 2.24) is 10.2 Å². The lowest BCUT2D eigenvalue weighted by Crippen LogP contribution is -2.43. The first-order valence-corrected chi connectivity index (χ1v) is 10.9. The van der Waals surface area contributed by atoms with Gasteiger partial charge in [0.15, 0.2) is 0 Å². The Morgan fingerprint density at radius 1 is 0.933 bits per heavy atom. The van der Waals surface area contributed by atoms with Gasteiger partial charge in [-0.15, -0.1) is 11.3 Å². The molecule has 154 valence electrons. The first kappa shape index (κ1) is 20.3. The van der Waals surface area contributed by atoms with Gasteiger partial charge in [-0.3, -0.25) is 9.59 Å². The summed E-state index contributed by atoms with van der Waals surface area (Å²) in [5.74, 6) is -0.447. The molecule has 0 spiro atoms. The number of likely N-dealkylation sites (tertiary alicyclic amines) is 1. The van der Waals surface area contributed by atoms with Gasteiger partial charge in [0.2, 0.25) is 5.91 Å². The summed E-state index contributed by atoms with van der Waals surface area (Å²) < 4.78 is 13.4. The van der Waals surface area contributed by atoms with Crippen molar-refractivity contribution in [1.29, 1.82) is 0 Å². The molecular formula is C24H23FN2O2S. The van der Waals surface area contributed by atoms with Crippen LogP contribution in [0.2, 0.25) is 0 Å². The molecule has 1 aromatic heterocycles. The van der Waals surface area contributed by atoms with Crippen molar-refractivity contribution in [3.63, 3.8) is 0 Å². The van der Waals surface area contributed by atoms with Gasteiger partial charge in [-0.25, -0.2) is 4.39 Å². The number of hydrogen-bond acceptors (Lipinski definition) is 3. The molecule has 6 heteroatoms. The van der Waals surface area contributed by atoms with E-state index in [4.69, 9.17) is 0 Å². The second kappa shape index (κ2) is 9.22. The average molecular weight is 423 g/mol. The topological polar surface area (TPSA) is 49.4 Å². The lowest BCUT2D eigenvalue weighted by atomic mass is 9.93. The van der Waals surface area contributed by atoms with Crippen LogP contribution in [-0.4, -0.2) is 29.8 Å². The van der Waals surface area contributed by atoms with E-state index < -0.39 is 0 Å². The first-order chi connectivity index (χ1) is 14.6. The maximum Gasteiger partial charge on any atom is 0.263 e. The van der Waals surface area contributed by atoms with E-state index in [0.717, 1.165) is 16.0 Å². The molecule has 4 nitrogen and oxygen atoms in total. The standard InChI is InChI=1S/C24H23FN2O2S/c25-20-10-8-18(9-11-20)22(17-5-2-1-3-6-17)26-23(28)19-12-14-27(15-13-19)24(29)21-7-4-16-30-21/h1-11,16,19,22H,12-15H2,(H,26,28). The number of nitrogens with one attached hydrogen (secondary N) is 1. The van der Waals surface area contributed by atoms with Crippen molar-refractivity contribution in [2.45, 2.75) is 18.9 Å². The fourth-order valence-corrected chi connectivity index (χ4v) is 4.51. The lowest BCUT2D eigenvalue weighted by Gasteiger charge is -2.32. The van der Waals surface area contributed by atoms with Crippen LogP contribution < -0.4 is 5.32 Å². The van der Waals surface area contributed by atoms with Gasteiger partial charge in [0.05, 0.1) is 10.9 Å². The number of halogens is 1. The largest absolute Gasteiger partial charge is 0.345 e. The maximum absolute atomic E-state index is 13.4. The molecule has 0 aliphatic carbocycles. The third kappa shape index (κ3) is 4.60. The van der Waals surface area contributed by atoms with E-state index in [9.17, 15) is 14.0 Å². The number of amides is 2. The molecule has 1 atom stereocenters. The molecule has 1 aliphatic rings. The molecule has 1 unspecified atom stereocenters. The number of hydrogen-bond donors (Lipinski definition) is 1. The highest BCUT2D eigenvalue weighted by Gasteiger charge is 2.29. The number of piperidine rings is 1. The minimum atomic E-state index is -0.343. The van der Waals surface area contributed by atoms with Crippen molar-refractivity contribution >= 4 is 23.2 Å². The fourth-order valence-electron chi connectivity index (χ4n) is 3.82. The monoisotopic (exact) mass is 422 g/mol. The van der Waals surface area contributed by atoms with Crippen LogP contribution in [0.3, 0.4) is 0 Å². The highest BCUT2D eigenvalue weighted by Crippen LogP contribution is 2.26. The van der Waals surface area contributed by atoms with Gasteiger partial charge >= 0.3 is 0 Å². The van der Waals surface area contributed by atoms with Gasteiger partial charge in [-0.2, -0.15) is 0 Å². The molecule has 0 radical (unpaired) electrons. The van der Waals surface area contributed by atoms with Crippen LogP contribution >= 0.6 is 11.3 Å². The highest BCUT2D eigenvalue weighted by atomic mass is 32.1. The molecule has 3 aromatic rings. The molecule has 0 saturated carbocycles. The molecule has 2 amide bonds. The minimum Gasteiger partial charge on any atom is -0.345 e. The molecule has 1 N–H and O–H groups in total. The van der Waals surface area contributed by atoms with Crippen LogP contribution in [-0.2, 0) is 4.79 Å². The number of rotatable bonds is 5. The zero-order valence-corrected chi connectivity index (χ0v) is 17.3. The van der Waals surface area contributed by atoms with Crippen LogP contribution in [0.15, 0.2) is 72.1 Å². The van der Waals surface area contributed by atoms with Crippen LogP contribution in [0.4, 0.5) is 4.39 Å². The number of carbonyl (C=O) groups is 2. The summed E-state index contributed by atoms with van der Waals surface area (Å²) in [5, 5.41) is 5.04. The Balaban J connectivity index is 1.43. The molecule has 1 aliphatic heterocycles. The van der Waals surface area contributed by atoms with E-state index in [1.165, 1.54) is 23.5 Å². The van der Waals surface area contributed by atoms with Gasteiger partial charge in [-0.1, -0.05) is 48.5 Å². The predicted molar refractivity (Wildman–Crippen MR) is 116 cm³/mol. The third-order valence-corrected chi connectivity index (χ3v) is 6.37. The summed E-state index contributed by atoms with van der Waals surface area (Å²) in [6, 6.07) is 19.3. The van der Waals surface area contributed by atoms with Gasteiger partial charge in [-0.05, 0) is 47.5 Å². The molecule has 0 bridgehead atoms. The van der Waals surface area contributed by atoms with Crippen molar-refractivity contribution in [3.8, 4) is 0 Å². The average Bonchev–Trinajstić information content (AvgIpc) is 3.33. The van der Waals surface area contributed by atoms with E-state index in [-0.39, 0.29) is 29.6 Å². The van der Waals surface area contributed by atoms with Crippen molar-refractivity contribution in [2.24, 2.45) is 5.92 Å². The summed E-state index contributed by atoms with van der Waals surface area (Å²) >= 11 is 1.44. The Kier molecular flexibility index (Phi) is 6.23. The smallest absolute Gasteiger partial charge is 0.263 e. The van der Waals surface area contributed by atoms with Crippen molar-refractivity contribution in [2.75, 3.05) is 13.1 Å². The number of carbonyl (C=O) groups excluding carboxylic acids is 2. The zero-order chi connectivity index (χ0) is 20.9. The molecular weight excluding hydrogens is 399 g/mol. The number of thiophene rings is 1.